The first-order chi connectivity index (χ1) is 10.6. The summed E-state index contributed by atoms with van der Waals surface area (Å²) in [6.45, 7) is 1.93. The van der Waals surface area contributed by atoms with Gasteiger partial charge in [0.1, 0.15) is 0 Å². The average molecular weight is 358 g/mol. The van der Waals surface area contributed by atoms with E-state index < -0.39 is 5.91 Å². The van der Waals surface area contributed by atoms with Crippen LogP contribution in [0.2, 0.25) is 0 Å². The quantitative estimate of drug-likeness (QED) is 0.641. The number of amides is 1. The number of benzene rings is 2. The summed E-state index contributed by atoms with van der Waals surface area (Å²) in [6, 6.07) is 12.5. The van der Waals surface area contributed by atoms with E-state index >= 15 is 0 Å². The highest BCUT2D eigenvalue weighted by Crippen LogP contribution is 2.35. The number of aromatic nitrogens is 1. The molecule has 0 saturated heterocycles. The number of aromatic hydroxyl groups is 1. The van der Waals surface area contributed by atoms with Gasteiger partial charge < -0.3 is 10.1 Å². The maximum absolute atomic E-state index is 12.1. The van der Waals surface area contributed by atoms with Crippen molar-refractivity contribution < 1.29 is 9.90 Å². The Morgan fingerprint density at radius 1 is 1.23 bits per heavy atom. The van der Waals surface area contributed by atoms with E-state index in [1.165, 1.54) is 0 Å². The number of fused-ring (bicyclic) bond motifs is 1. The molecule has 0 spiro atoms. The Hall–Kier alpha value is -2.47. The molecule has 0 saturated carbocycles. The zero-order chi connectivity index (χ0) is 15.7. The van der Waals surface area contributed by atoms with Crippen molar-refractivity contribution in [3.05, 3.63) is 58.1 Å². The van der Waals surface area contributed by atoms with Crippen LogP contribution in [-0.2, 0) is 0 Å². The molecule has 0 unspecified atom stereocenters. The molecule has 1 aromatic heterocycles. The minimum absolute atomic E-state index is 0.108. The molecular formula is C16H12BrN3O2. The van der Waals surface area contributed by atoms with Gasteiger partial charge in [0.05, 0.1) is 5.52 Å². The normalized spacial score (nSPS) is 11.4. The van der Waals surface area contributed by atoms with Gasteiger partial charge in [-0.25, -0.2) is 0 Å². The lowest BCUT2D eigenvalue weighted by Gasteiger charge is -1.99. The second-order valence-electron chi connectivity index (χ2n) is 4.84. The van der Waals surface area contributed by atoms with E-state index in [1.807, 2.05) is 31.2 Å². The van der Waals surface area contributed by atoms with Gasteiger partial charge in [-0.15, -0.1) is 10.2 Å². The summed E-state index contributed by atoms with van der Waals surface area (Å²) < 4.78 is 0.837. The highest BCUT2D eigenvalue weighted by Gasteiger charge is 2.11. The molecule has 0 aliphatic heterocycles. The van der Waals surface area contributed by atoms with E-state index in [4.69, 9.17) is 0 Å². The average Bonchev–Trinajstić information content (AvgIpc) is 2.83. The minimum Gasteiger partial charge on any atom is -0.493 e. The van der Waals surface area contributed by atoms with Crippen LogP contribution in [0.3, 0.4) is 0 Å². The number of nitrogens with zero attached hydrogens (tertiary/aromatic N) is 2. The number of nitrogens with one attached hydrogen (secondary N) is 1. The molecule has 0 aliphatic rings. The first kappa shape index (κ1) is 14.5. The Balaban J connectivity index is 1.94. The lowest BCUT2D eigenvalue weighted by molar-refractivity contribution is 0.0995. The van der Waals surface area contributed by atoms with Gasteiger partial charge in [-0.3, -0.25) is 4.79 Å². The Bertz CT molecular complexity index is 900. The predicted octanol–water partition coefficient (Wildman–Crippen LogP) is 4.87. The maximum atomic E-state index is 12.1. The SMILES string of the molecule is Cc1ccc(C(=O)N=Nc2c(O)[nH]c3ccccc23)cc1Br. The maximum Gasteiger partial charge on any atom is 0.295 e. The van der Waals surface area contributed by atoms with Gasteiger partial charge in [-0.05, 0) is 30.7 Å². The molecule has 0 atom stereocenters. The van der Waals surface area contributed by atoms with Gasteiger partial charge in [0.25, 0.3) is 5.91 Å². The number of para-hydroxylation sites is 1. The van der Waals surface area contributed by atoms with Gasteiger partial charge in [-0.2, -0.15) is 0 Å². The molecule has 2 N–H and O–H groups in total. The van der Waals surface area contributed by atoms with E-state index in [1.54, 1.807) is 18.2 Å². The molecule has 0 aliphatic carbocycles. The topological polar surface area (TPSA) is 77.8 Å². The van der Waals surface area contributed by atoms with Crippen LogP contribution in [0.1, 0.15) is 15.9 Å². The summed E-state index contributed by atoms with van der Waals surface area (Å²) in [4.78, 5) is 14.9. The smallest absolute Gasteiger partial charge is 0.295 e. The molecule has 3 rings (SSSR count). The Kier molecular flexibility index (Phi) is 3.77. The largest absolute Gasteiger partial charge is 0.493 e. The number of carbonyl (C=O) groups excluding carboxylic acids is 1. The van der Waals surface area contributed by atoms with E-state index in [9.17, 15) is 9.90 Å². The number of carbonyl (C=O) groups is 1. The van der Waals surface area contributed by atoms with Gasteiger partial charge in [0.2, 0.25) is 5.88 Å². The highest BCUT2D eigenvalue weighted by atomic mass is 79.9. The molecular weight excluding hydrogens is 346 g/mol. The Labute approximate surface area is 134 Å². The molecule has 2 aromatic carbocycles. The third kappa shape index (κ3) is 2.65. The predicted molar refractivity (Wildman–Crippen MR) is 87.7 cm³/mol. The van der Waals surface area contributed by atoms with Crippen molar-refractivity contribution in [3.63, 3.8) is 0 Å². The first-order valence-corrected chi connectivity index (χ1v) is 7.37. The molecule has 1 amide bonds. The zero-order valence-electron chi connectivity index (χ0n) is 11.7. The van der Waals surface area contributed by atoms with E-state index in [0.717, 1.165) is 15.6 Å². The highest BCUT2D eigenvalue weighted by molar-refractivity contribution is 9.10. The number of rotatable bonds is 2. The van der Waals surface area contributed by atoms with Crippen LogP contribution in [0.15, 0.2) is 57.2 Å². The van der Waals surface area contributed by atoms with Crippen molar-refractivity contribution in [1.82, 2.24) is 4.98 Å². The first-order valence-electron chi connectivity index (χ1n) is 6.58. The molecule has 1 heterocycles. The van der Waals surface area contributed by atoms with Crippen molar-refractivity contribution in [2.45, 2.75) is 6.92 Å². The second-order valence-corrected chi connectivity index (χ2v) is 5.69. The van der Waals surface area contributed by atoms with Gasteiger partial charge in [-0.1, -0.05) is 40.2 Å². The summed E-state index contributed by atoms with van der Waals surface area (Å²) in [6.07, 6.45) is 0. The summed E-state index contributed by atoms with van der Waals surface area (Å²) in [5.74, 6) is -0.576. The number of aryl methyl sites for hydroxylation is 1. The second kappa shape index (κ2) is 5.73. The van der Waals surface area contributed by atoms with E-state index in [-0.39, 0.29) is 11.6 Å². The van der Waals surface area contributed by atoms with Gasteiger partial charge in [0.15, 0.2) is 5.69 Å². The van der Waals surface area contributed by atoms with Gasteiger partial charge >= 0.3 is 0 Å². The number of hydrogen-bond acceptors (Lipinski definition) is 3. The van der Waals surface area contributed by atoms with Crippen LogP contribution in [-0.4, -0.2) is 16.0 Å². The molecule has 0 radical (unpaired) electrons. The fraction of sp³-hybridized carbons (Fsp3) is 0.0625. The number of aromatic amines is 1. The Morgan fingerprint density at radius 3 is 2.77 bits per heavy atom. The van der Waals surface area contributed by atoms with Crippen LogP contribution in [0.4, 0.5) is 5.69 Å². The third-order valence-corrected chi connectivity index (χ3v) is 4.17. The van der Waals surface area contributed by atoms with Gasteiger partial charge in [0, 0.05) is 15.4 Å². The van der Waals surface area contributed by atoms with Crippen LogP contribution in [0.25, 0.3) is 10.9 Å². The molecule has 22 heavy (non-hydrogen) atoms. The van der Waals surface area contributed by atoms with Crippen LogP contribution in [0.5, 0.6) is 5.88 Å². The third-order valence-electron chi connectivity index (χ3n) is 3.32. The Morgan fingerprint density at radius 2 is 2.00 bits per heavy atom. The number of hydrogen-bond donors (Lipinski definition) is 2. The molecule has 0 bridgehead atoms. The van der Waals surface area contributed by atoms with Crippen molar-refractivity contribution in [2.24, 2.45) is 10.2 Å². The lowest BCUT2D eigenvalue weighted by Crippen LogP contribution is -1.94. The standard InChI is InChI=1S/C16H12BrN3O2/c1-9-6-7-10(8-12(9)17)15(21)20-19-14-11-4-2-3-5-13(11)18-16(14)22/h2-8,18,22H,1H3. The summed E-state index contributed by atoms with van der Waals surface area (Å²) in [5, 5.41) is 18.2. The lowest BCUT2D eigenvalue weighted by atomic mass is 10.1. The van der Waals surface area contributed by atoms with Crippen molar-refractivity contribution in [1.29, 1.82) is 0 Å². The number of halogens is 1. The number of azo groups is 1. The minimum atomic E-state index is -0.467. The summed E-state index contributed by atoms with van der Waals surface area (Å²) in [5.41, 5.74) is 2.46. The zero-order valence-corrected chi connectivity index (χ0v) is 13.3. The molecule has 0 fully saturated rings. The van der Waals surface area contributed by atoms with Crippen LogP contribution in [0, 0.1) is 6.92 Å². The van der Waals surface area contributed by atoms with Crippen LogP contribution >= 0.6 is 15.9 Å². The van der Waals surface area contributed by atoms with Crippen molar-refractivity contribution in [2.75, 3.05) is 0 Å². The van der Waals surface area contributed by atoms with E-state index in [0.29, 0.717) is 10.9 Å². The summed E-state index contributed by atoms with van der Waals surface area (Å²) >= 11 is 3.38. The fourth-order valence-electron chi connectivity index (χ4n) is 2.09. The van der Waals surface area contributed by atoms with Crippen molar-refractivity contribution in [3.8, 4) is 5.88 Å². The molecule has 6 heteroatoms. The molecule has 3 aromatic rings. The van der Waals surface area contributed by atoms with Crippen LogP contribution < -0.4 is 0 Å². The van der Waals surface area contributed by atoms with Crippen molar-refractivity contribution >= 4 is 38.4 Å². The molecule has 110 valence electrons. The fourth-order valence-corrected chi connectivity index (χ4v) is 2.47. The van der Waals surface area contributed by atoms with E-state index in [2.05, 4.69) is 31.1 Å². The number of H-pyrrole nitrogens is 1. The molecule has 5 nitrogen and oxygen atoms in total. The summed E-state index contributed by atoms with van der Waals surface area (Å²) in [7, 11) is 0. The monoisotopic (exact) mass is 357 g/mol.